The molecule has 2 atom stereocenters. The van der Waals surface area contributed by atoms with Gasteiger partial charge in [0.2, 0.25) is 0 Å². The van der Waals surface area contributed by atoms with Gasteiger partial charge in [0.1, 0.15) is 11.5 Å². The molecule has 19 heavy (non-hydrogen) atoms. The maximum Gasteiger partial charge on any atom is 0.127 e. The van der Waals surface area contributed by atoms with Gasteiger partial charge in [-0.15, -0.1) is 11.6 Å². The number of ether oxygens (including phenoxy) is 1. The Morgan fingerprint density at radius 2 is 2.21 bits per heavy atom. The van der Waals surface area contributed by atoms with E-state index < -0.39 is 0 Å². The lowest BCUT2D eigenvalue weighted by atomic mass is 9.94. The van der Waals surface area contributed by atoms with Gasteiger partial charge in [0.05, 0.1) is 7.11 Å². The van der Waals surface area contributed by atoms with Crippen LogP contribution in [0.4, 0.5) is 0 Å². The van der Waals surface area contributed by atoms with Crippen LogP contribution in [0, 0.1) is 0 Å². The van der Waals surface area contributed by atoms with Crippen molar-refractivity contribution < 1.29 is 9.84 Å². The van der Waals surface area contributed by atoms with E-state index >= 15 is 0 Å². The molecule has 0 fully saturated rings. The Morgan fingerprint density at radius 3 is 2.89 bits per heavy atom. The Balaban J connectivity index is 2.43. The molecule has 2 aromatic carbocycles. The van der Waals surface area contributed by atoms with E-state index in [9.17, 15) is 5.11 Å². The molecule has 0 radical (unpaired) electrons. The second-order valence-electron chi connectivity index (χ2n) is 5.27. The average molecular weight is 277 g/mol. The predicted octanol–water partition coefficient (Wildman–Crippen LogP) is 4.38. The summed E-state index contributed by atoms with van der Waals surface area (Å²) >= 11 is 6.13. The molecule has 2 aromatic rings. The lowest BCUT2D eigenvalue weighted by Crippen LogP contribution is -1.98. The van der Waals surface area contributed by atoms with Gasteiger partial charge in [-0.25, -0.2) is 0 Å². The fraction of sp³-hybridized carbons (Fsp3) is 0.375. The highest BCUT2D eigenvalue weighted by molar-refractivity contribution is 6.18. The minimum absolute atomic E-state index is 0.328. The monoisotopic (exact) mass is 276 g/mol. The number of methoxy groups -OCH3 is 1. The Bertz CT molecular complexity index is 636. The van der Waals surface area contributed by atoms with Crippen molar-refractivity contribution in [3.8, 4) is 11.5 Å². The van der Waals surface area contributed by atoms with Crippen molar-refractivity contribution in [1.82, 2.24) is 0 Å². The van der Waals surface area contributed by atoms with Crippen LogP contribution in [-0.2, 0) is 0 Å². The molecule has 2 unspecified atom stereocenters. The normalized spacial score (nSPS) is 21.6. The van der Waals surface area contributed by atoms with E-state index in [1.165, 1.54) is 11.1 Å². The molecule has 0 aliphatic heterocycles. The standard InChI is InChI=1S/C16H17ClO2/c1-9-6-10(8-17)15-12(9)7-13(18)11-4-3-5-14(19-2)16(11)15/h3-5,7,9-10,18H,6,8H2,1-2H3. The van der Waals surface area contributed by atoms with Crippen molar-refractivity contribution >= 4 is 22.4 Å². The second-order valence-corrected chi connectivity index (χ2v) is 5.58. The minimum atomic E-state index is 0.328. The summed E-state index contributed by atoms with van der Waals surface area (Å²) in [4.78, 5) is 0. The van der Waals surface area contributed by atoms with E-state index in [4.69, 9.17) is 16.3 Å². The third-order valence-corrected chi connectivity index (χ3v) is 4.53. The number of halogens is 1. The van der Waals surface area contributed by atoms with Crippen molar-refractivity contribution in [3.63, 3.8) is 0 Å². The van der Waals surface area contributed by atoms with Gasteiger partial charge in [0.15, 0.2) is 0 Å². The van der Waals surface area contributed by atoms with E-state index in [0.29, 0.717) is 23.5 Å². The van der Waals surface area contributed by atoms with Crippen LogP contribution in [0.25, 0.3) is 10.8 Å². The van der Waals surface area contributed by atoms with E-state index in [2.05, 4.69) is 6.92 Å². The van der Waals surface area contributed by atoms with Gasteiger partial charge in [-0.05, 0) is 41.5 Å². The third-order valence-electron chi connectivity index (χ3n) is 4.16. The van der Waals surface area contributed by atoms with Crippen LogP contribution >= 0.6 is 11.6 Å². The molecule has 100 valence electrons. The molecule has 0 aromatic heterocycles. The molecule has 2 nitrogen and oxygen atoms in total. The summed E-state index contributed by atoms with van der Waals surface area (Å²) in [6.07, 6.45) is 1.04. The molecule has 3 heteroatoms. The largest absolute Gasteiger partial charge is 0.507 e. The molecule has 1 aliphatic rings. The summed E-state index contributed by atoms with van der Waals surface area (Å²) in [5.41, 5.74) is 2.47. The lowest BCUT2D eigenvalue weighted by molar-refractivity contribution is 0.419. The highest BCUT2D eigenvalue weighted by Gasteiger charge is 2.31. The summed E-state index contributed by atoms with van der Waals surface area (Å²) in [5, 5.41) is 12.1. The van der Waals surface area contributed by atoms with Crippen LogP contribution in [0.5, 0.6) is 11.5 Å². The van der Waals surface area contributed by atoms with Crippen molar-refractivity contribution in [3.05, 3.63) is 35.4 Å². The van der Waals surface area contributed by atoms with Crippen LogP contribution < -0.4 is 4.74 Å². The number of phenols is 1. The number of phenolic OH excluding ortho intramolecular Hbond substituents is 1. The number of aromatic hydroxyl groups is 1. The van der Waals surface area contributed by atoms with E-state index in [0.717, 1.165) is 22.9 Å². The number of hydrogen-bond acceptors (Lipinski definition) is 2. The number of alkyl halides is 1. The summed E-state index contributed by atoms with van der Waals surface area (Å²) in [5.74, 6) is 2.52. The quantitative estimate of drug-likeness (QED) is 0.825. The first-order chi connectivity index (χ1) is 9.17. The number of rotatable bonds is 2. The summed E-state index contributed by atoms with van der Waals surface area (Å²) < 4.78 is 5.48. The maximum absolute atomic E-state index is 10.2. The Kier molecular flexibility index (Phi) is 3.06. The maximum atomic E-state index is 10.2. The first-order valence-electron chi connectivity index (χ1n) is 6.55. The van der Waals surface area contributed by atoms with Crippen LogP contribution in [-0.4, -0.2) is 18.1 Å². The minimum Gasteiger partial charge on any atom is -0.507 e. The molecule has 0 heterocycles. The van der Waals surface area contributed by atoms with Crippen molar-refractivity contribution in [2.24, 2.45) is 0 Å². The van der Waals surface area contributed by atoms with Gasteiger partial charge in [-0.2, -0.15) is 0 Å². The third kappa shape index (κ3) is 1.78. The average Bonchev–Trinajstić information content (AvgIpc) is 2.75. The highest BCUT2D eigenvalue weighted by Crippen LogP contribution is 2.49. The first kappa shape index (κ1) is 12.6. The van der Waals surface area contributed by atoms with E-state index in [1.807, 2.05) is 24.3 Å². The molecular formula is C16H17ClO2. The summed E-state index contributed by atoms with van der Waals surface area (Å²) in [7, 11) is 1.67. The summed E-state index contributed by atoms with van der Waals surface area (Å²) in [6.45, 7) is 2.19. The number of fused-ring (bicyclic) bond motifs is 3. The fourth-order valence-corrected chi connectivity index (χ4v) is 3.58. The first-order valence-corrected chi connectivity index (χ1v) is 7.09. The molecule has 0 saturated carbocycles. The molecule has 3 rings (SSSR count). The zero-order valence-electron chi connectivity index (χ0n) is 11.1. The molecular weight excluding hydrogens is 260 g/mol. The van der Waals surface area contributed by atoms with Crippen LogP contribution in [0.2, 0.25) is 0 Å². The SMILES string of the molecule is COc1cccc2c(O)cc3c(c12)C(CCl)CC3C. The van der Waals surface area contributed by atoms with E-state index in [1.54, 1.807) is 7.11 Å². The summed E-state index contributed by atoms with van der Waals surface area (Å²) in [6, 6.07) is 7.67. The molecule has 1 N–H and O–H groups in total. The van der Waals surface area contributed by atoms with Crippen LogP contribution in [0.3, 0.4) is 0 Å². The van der Waals surface area contributed by atoms with Gasteiger partial charge in [0.25, 0.3) is 0 Å². The lowest BCUT2D eigenvalue weighted by Gasteiger charge is -2.15. The number of benzene rings is 2. The van der Waals surface area contributed by atoms with Crippen molar-refractivity contribution in [2.75, 3.05) is 13.0 Å². The number of hydrogen-bond donors (Lipinski definition) is 1. The fourth-order valence-electron chi connectivity index (χ4n) is 3.30. The van der Waals surface area contributed by atoms with E-state index in [-0.39, 0.29) is 0 Å². The molecule has 1 aliphatic carbocycles. The Morgan fingerprint density at radius 1 is 1.42 bits per heavy atom. The highest BCUT2D eigenvalue weighted by atomic mass is 35.5. The molecule has 0 bridgehead atoms. The zero-order chi connectivity index (χ0) is 13.6. The Hall–Kier alpha value is -1.41. The van der Waals surface area contributed by atoms with Gasteiger partial charge in [-0.1, -0.05) is 19.1 Å². The van der Waals surface area contributed by atoms with Gasteiger partial charge in [-0.3, -0.25) is 0 Å². The zero-order valence-corrected chi connectivity index (χ0v) is 11.9. The topological polar surface area (TPSA) is 29.5 Å². The Labute approximate surface area is 118 Å². The van der Waals surface area contributed by atoms with Crippen molar-refractivity contribution in [1.29, 1.82) is 0 Å². The van der Waals surface area contributed by atoms with Crippen LogP contribution in [0.15, 0.2) is 24.3 Å². The molecule has 0 spiro atoms. The molecule has 0 saturated heterocycles. The van der Waals surface area contributed by atoms with Crippen molar-refractivity contribution in [2.45, 2.75) is 25.2 Å². The van der Waals surface area contributed by atoms with Crippen LogP contribution in [0.1, 0.15) is 36.3 Å². The second kappa shape index (κ2) is 4.61. The van der Waals surface area contributed by atoms with Gasteiger partial charge < -0.3 is 9.84 Å². The molecule has 0 amide bonds. The van der Waals surface area contributed by atoms with Gasteiger partial charge >= 0.3 is 0 Å². The smallest absolute Gasteiger partial charge is 0.127 e. The predicted molar refractivity (Wildman–Crippen MR) is 78.7 cm³/mol. The van der Waals surface area contributed by atoms with Gasteiger partial charge in [0, 0.05) is 16.7 Å².